The summed E-state index contributed by atoms with van der Waals surface area (Å²) in [6.45, 7) is 0. The fourth-order valence-corrected chi connectivity index (χ4v) is 1.98. The van der Waals surface area contributed by atoms with Crippen molar-refractivity contribution in [2.24, 2.45) is 0 Å². The molecular formula is C14H11N3O. The summed E-state index contributed by atoms with van der Waals surface area (Å²) in [6, 6.07) is 11.0. The van der Waals surface area contributed by atoms with Gasteiger partial charge in [-0.25, -0.2) is 0 Å². The van der Waals surface area contributed by atoms with E-state index in [4.69, 9.17) is 5.73 Å². The number of nitrogen functional groups attached to an aromatic ring is 1. The fourth-order valence-electron chi connectivity index (χ4n) is 1.98. The third kappa shape index (κ3) is 1.55. The molecule has 4 nitrogen and oxygen atoms in total. The van der Waals surface area contributed by atoms with Crippen LogP contribution in [0.3, 0.4) is 0 Å². The van der Waals surface area contributed by atoms with Crippen LogP contribution in [0.5, 0.6) is 0 Å². The van der Waals surface area contributed by atoms with Gasteiger partial charge in [0.15, 0.2) is 0 Å². The van der Waals surface area contributed by atoms with Crippen LogP contribution < -0.4 is 11.3 Å². The van der Waals surface area contributed by atoms with Gasteiger partial charge in [-0.1, -0.05) is 12.1 Å². The number of rotatable bonds is 1. The summed E-state index contributed by atoms with van der Waals surface area (Å²) in [5, 5.41) is 1.46. The Morgan fingerprint density at radius 1 is 1.11 bits per heavy atom. The third-order valence-electron chi connectivity index (χ3n) is 2.90. The van der Waals surface area contributed by atoms with Crippen LogP contribution in [0.2, 0.25) is 0 Å². The van der Waals surface area contributed by atoms with Crippen molar-refractivity contribution in [3.63, 3.8) is 0 Å². The van der Waals surface area contributed by atoms with E-state index in [9.17, 15) is 4.79 Å². The van der Waals surface area contributed by atoms with E-state index in [1.54, 1.807) is 29.2 Å². The Balaban J connectivity index is 2.35. The Bertz CT molecular complexity index is 777. The molecule has 4 heteroatoms. The molecule has 0 amide bonds. The molecule has 2 aromatic heterocycles. The second-order valence-corrected chi connectivity index (χ2v) is 4.01. The van der Waals surface area contributed by atoms with Gasteiger partial charge in [-0.2, -0.15) is 0 Å². The van der Waals surface area contributed by atoms with Crippen molar-refractivity contribution in [2.75, 3.05) is 5.73 Å². The largest absolute Gasteiger partial charge is 0.397 e. The lowest BCUT2D eigenvalue weighted by Gasteiger charge is -2.09. The van der Waals surface area contributed by atoms with Crippen LogP contribution in [0.25, 0.3) is 16.5 Å². The summed E-state index contributed by atoms with van der Waals surface area (Å²) in [4.78, 5) is 16.3. The summed E-state index contributed by atoms with van der Waals surface area (Å²) < 4.78 is 1.54. The van der Waals surface area contributed by atoms with Crippen LogP contribution in [0.4, 0.5) is 5.69 Å². The maximum absolute atomic E-state index is 12.3. The number of hydrogen-bond acceptors (Lipinski definition) is 3. The lowest BCUT2D eigenvalue weighted by Crippen LogP contribution is -2.18. The molecule has 2 heterocycles. The summed E-state index contributed by atoms with van der Waals surface area (Å²) in [6.07, 6.45) is 4.98. The third-order valence-corrected chi connectivity index (χ3v) is 2.90. The minimum atomic E-state index is -0.112. The van der Waals surface area contributed by atoms with Crippen molar-refractivity contribution in [3.8, 4) is 5.69 Å². The van der Waals surface area contributed by atoms with E-state index < -0.39 is 0 Å². The molecule has 0 aliphatic rings. The predicted octanol–water partition coefficient (Wildman–Crippen LogP) is 1.97. The molecule has 0 bridgehead atoms. The molecule has 0 fully saturated rings. The standard InChI is InChI=1S/C14H11N3O/c15-12-3-1-2-4-13(12)17-8-6-10-5-7-16-9-11(10)14(17)18/h1-9H,15H2. The highest BCUT2D eigenvalue weighted by molar-refractivity contribution is 5.80. The van der Waals surface area contributed by atoms with Crippen LogP contribution in [0.15, 0.2) is 59.8 Å². The van der Waals surface area contributed by atoms with Gasteiger partial charge in [0.2, 0.25) is 0 Å². The monoisotopic (exact) mass is 237 g/mol. The van der Waals surface area contributed by atoms with Gasteiger partial charge >= 0.3 is 0 Å². The van der Waals surface area contributed by atoms with Crippen LogP contribution >= 0.6 is 0 Å². The molecule has 18 heavy (non-hydrogen) atoms. The van der Waals surface area contributed by atoms with Crippen molar-refractivity contribution in [3.05, 3.63) is 65.3 Å². The van der Waals surface area contributed by atoms with Crippen molar-refractivity contribution in [2.45, 2.75) is 0 Å². The van der Waals surface area contributed by atoms with Crippen LogP contribution in [0, 0.1) is 0 Å². The summed E-state index contributed by atoms with van der Waals surface area (Å²) in [5.74, 6) is 0. The van der Waals surface area contributed by atoms with Gasteiger partial charge in [-0.15, -0.1) is 0 Å². The first-order valence-electron chi connectivity index (χ1n) is 5.57. The predicted molar refractivity (Wildman–Crippen MR) is 71.8 cm³/mol. The molecular weight excluding hydrogens is 226 g/mol. The van der Waals surface area contributed by atoms with E-state index in [0.29, 0.717) is 16.8 Å². The smallest absolute Gasteiger partial charge is 0.264 e. The Morgan fingerprint density at radius 3 is 2.78 bits per heavy atom. The summed E-state index contributed by atoms with van der Waals surface area (Å²) in [7, 11) is 0. The first kappa shape index (κ1) is 10.5. The van der Waals surface area contributed by atoms with Crippen molar-refractivity contribution in [1.82, 2.24) is 9.55 Å². The van der Waals surface area contributed by atoms with E-state index in [1.807, 2.05) is 30.3 Å². The highest BCUT2D eigenvalue weighted by atomic mass is 16.1. The number of nitrogens with two attached hydrogens (primary N) is 1. The normalized spacial score (nSPS) is 10.7. The highest BCUT2D eigenvalue weighted by Gasteiger charge is 2.06. The summed E-state index contributed by atoms with van der Waals surface area (Å²) >= 11 is 0. The molecule has 2 N–H and O–H groups in total. The maximum Gasteiger partial charge on any atom is 0.264 e. The van der Waals surface area contributed by atoms with Gasteiger partial charge in [0.05, 0.1) is 16.8 Å². The van der Waals surface area contributed by atoms with E-state index >= 15 is 0 Å². The lowest BCUT2D eigenvalue weighted by atomic mass is 10.2. The topological polar surface area (TPSA) is 60.9 Å². The minimum Gasteiger partial charge on any atom is -0.397 e. The number of benzene rings is 1. The molecule has 0 spiro atoms. The molecule has 0 unspecified atom stereocenters. The van der Waals surface area contributed by atoms with Gasteiger partial charge in [0, 0.05) is 18.6 Å². The minimum absolute atomic E-state index is 0.112. The average molecular weight is 237 g/mol. The molecule has 3 rings (SSSR count). The SMILES string of the molecule is Nc1ccccc1-n1ccc2ccncc2c1=O. The Hall–Kier alpha value is -2.62. The Kier molecular flexibility index (Phi) is 2.34. The van der Waals surface area contributed by atoms with Crippen molar-refractivity contribution < 1.29 is 0 Å². The number of fused-ring (bicyclic) bond motifs is 1. The number of hydrogen-bond donors (Lipinski definition) is 1. The second kappa shape index (κ2) is 4.00. The molecule has 0 aliphatic carbocycles. The number of para-hydroxylation sites is 2. The number of nitrogens with zero attached hydrogens (tertiary/aromatic N) is 2. The fraction of sp³-hybridized carbons (Fsp3) is 0. The highest BCUT2D eigenvalue weighted by Crippen LogP contribution is 2.16. The number of anilines is 1. The number of aromatic nitrogens is 2. The van der Waals surface area contributed by atoms with Crippen LogP contribution in [0.1, 0.15) is 0 Å². The number of pyridine rings is 2. The maximum atomic E-state index is 12.3. The van der Waals surface area contributed by atoms with E-state index in [0.717, 1.165) is 5.39 Å². The summed E-state index contributed by atoms with van der Waals surface area (Å²) in [5.41, 5.74) is 7.04. The average Bonchev–Trinajstić information content (AvgIpc) is 2.41. The molecule has 0 radical (unpaired) electrons. The Labute approximate surface area is 103 Å². The zero-order valence-electron chi connectivity index (χ0n) is 9.58. The van der Waals surface area contributed by atoms with Gasteiger partial charge in [0.25, 0.3) is 5.56 Å². The zero-order chi connectivity index (χ0) is 12.5. The molecule has 0 saturated carbocycles. The molecule has 0 saturated heterocycles. The molecule has 3 aromatic rings. The first-order chi connectivity index (χ1) is 8.77. The van der Waals surface area contributed by atoms with Gasteiger partial charge in [-0.05, 0) is 29.7 Å². The van der Waals surface area contributed by atoms with Crippen molar-refractivity contribution in [1.29, 1.82) is 0 Å². The van der Waals surface area contributed by atoms with E-state index in [1.165, 1.54) is 0 Å². The second-order valence-electron chi connectivity index (χ2n) is 4.01. The van der Waals surface area contributed by atoms with Crippen molar-refractivity contribution >= 4 is 16.5 Å². The van der Waals surface area contributed by atoms with E-state index in [-0.39, 0.29) is 5.56 Å². The quantitative estimate of drug-likeness (QED) is 0.658. The molecule has 88 valence electrons. The molecule has 0 aliphatic heterocycles. The Morgan fingerprint density at radius 2 is 1.94 bits per heavy atom. The van der Waals surface area contributed by atoms with Gasteiger partial charge < -0.3 is 5.73 Å². The van der Waals surface area contributed by atoms with Crippen LogP contribution in [-0.4, -0.2) is 9.55 Å². The van der Waals surface area contributed by atoms with E-state index in [2.05, 4.69) is 4.98 Å². The van der Waals surface area contributed by atoms with Gasteiger partial charge in [-0.3, -0.25) is 14.3 Å². The van der Waals surface area contributed by atoms with Gasteiger partial charge in [0.1, 0.15) is 0 Å². The molecule has 0 atom stereocenters. The first-order valence-corrected chi connectivity index (χ1v) is 5.57. The lowest BCUT2D eigenvalue weighted by molar-refractivity contribution is 1.01. The zero-order valence-corrected chi connectivity index (χ0v) is 9.58. The van der Waals surface area contributed by atoms with Crippen LogP contribution in [-0.2, 0) is 0 Å². The molecule has 1 aromatic carbocycles.